The van der Waals surface area contributed by atoms with Gasteiger partial charge in [-0.1, -0.05) is 11.6 Å². The van der Waals surface area contributed by atoms with Gasteiger partial charge in [0.2, 0.25) is 5.91 Å². The monoisotopic (exact) mass is 414 g/mol. The van der Waals surface area contributed by atoms with E-state index in [1.807, 2.05) is 0 Å². The average molecular weight is 415 g/mol. The van der Waals surface area contributed by atoms with E-state index in [4.69, 9.17) is 11.6 Å². The largest absolute Gasteiger partial charge is 0.332 e. The number of benzene rings is 1. The maximum Gasteiger partial charge on any atom is 0.321 e. The Morgan fingerprint density at radius 2 is 1.79 bits per heavy atom. The number of fused-ring (bicyclic) bond motifs is 1. The number of carbonyl (C=O) groups is 2. The third kappa shape index (κ3) is 3.52. The second-order valence-electron chi connectivity index (χ2n) is 9.04. The van der Waals surface area contributed by atoms with E-state index in [1.54, 1.807) is 12.1 Å². The van der Waals surface area contributed by atoms with Crippen LogP contribution in [0, 0.1) is 17.8 Å². The van der Waals surface area contributed by atoms with Gasteiger partial charge in [0.15, 0.2) is 0 Å². The molecule has 29 heavy (non-hydrogen) atoms. The van der Waals surface area contributed by atoms with Crippen molar-refractivity contribution in [3.63, 3.8) is 0 Å². The molecule has 8 heteroatoms. The fourth-order valence-electron chi connectivity index (χ4n) is 6.10. The Labute approximate surface area is 172 Å². The summed E-state index contributed by atoms with van der Waals surface area (Å²) in [5, 5.41) is 6.25. The van der Waals surface area contributed by atoms with Gasteiger partial charge in [0.1, 0.15) is 6.54 Å². The molecule has 4 aliphatic carbocycles. The summed E-state index contributed by atoms with van der Waals surface area (Å²) in [6.07, 6.45) is 8.19. The van der Waals surface area contributed by atoms with Gasteiger partial charge in [-0.15, -0.1) is 0 Å². The van der Waals surface area contributed by atoms with Gasteiger partial charge >= 0.3 is 6.03 Å². The van der Waals surface area contributed by atoms with E-state index in [1.165, 1.54) is 36.2 Å². The van der Waals surface area contributed by atoms with E-state index in [2.05, 4.69) is 15.6 Å². The topological polar surface area (TPSA) is 93.1 Å². The third-order valence-corrected chi connectivity index (χ3v) is 7.01. The first kappa shape index (κ1) is 18.6. The van der Waals surface area contributed by atoms with Crippen LogP contribution < -0.4 is 16.2 Å². The molecule has 0 aliphatic heterocycles. The number of nitrogens with zero attached hydrogens (tertiary/aromatic N) is 2. The zero-order valence-electron chi connectivity index (χ0n) is 16.0. The highest BCUT2D eigenvalue weighted by Crippen LogP contribution is 2.55. The third-order valence-electron chi connectivity index (χ3n) is 6.77. The first-order valence-corrected chi connectivity index (χ1v) is 10.5. The van der Waals surface area contributed by atoms with Crippen LogP contribution in [0.2, 0.25) is 5.02 Å². The van der Waals surface area contributed by atoms with Gasteiger partial charge in [-0.3, -0.25) is 19.5 Å². The summed E-state index contributed by atoms with van der Waals surface area (Å²) in [6, 6.07) is 4.37. The van der Waals surface area contributed by atoms with Crippen molar-refractivity contribution in [1.29, 1.82) is 0 Å². The summed E-state index contributed by atoms with van der Waals surface area (Å²) in [4.78, 5) is 41.7. The van der Waals surface area contributed by atoms with Crippen LogP contribution in [0.1, 0.15) is 38.5 Å². The average Bonchev–Trinajstić information content (AvgIpc) is 2.62. The minimum absolute atomic E-state index is 0.169. The standard InChI is InChI=1S/C21H23ClN4O3/c22-15-1-2-17-16(6-15)19(28)26(11-23-17)10-18(27)24-20(29)25-21-7-12-3-13(8-21)5-14(4-12)9-21/h1-2,6,11-14H,3-5,7-10H2,(H2,24,25,27,29). The second kappa shape index (κ2) is 6.83. The van der Waals surface area contributed by atoms with Crippen LogP contribution in [0.5, 0.6) is 0 Å². The normalized spacial score (nSPS) is 29.8. The van der Waals surface area contributed by atoms with E-state index < -0.39 is 11.9 Å². The Kier molecular flexibility index (Phi) is 4.38. The predicted molar refractivity (Wildman–Crippen MR) is 109 cm³/mol. The lowest BCUT2D eigenvalue weighted by Crippen LogP contribution is -2.62. The van der Waals surface area contributed by atoms with Gasteiger partial charge in [-0.2, -0.15) is 0 Å². The first-order chi connectivity index (χ1) is 13.9. The number of carbonyl (C=O) groups excluding carboxylic acids is 2. The molecule has 0 atom stereocenters. The van der Waals surface area contributed by atoms with Crippen LogP contribution in [-0.4, -0.2) is 27.0 Å². The number of halogens is 1. The van der Waals surface area contributed by atoms with Crippen molar-refractivity contribution in [2.24, 2.45) is 17.8 Å². The van der Waals surface area contributed by atoms with Crippen molar-refractivity contribution in [2.45, 2.75) is 50.6 Å². The lowest BCUT2D eigenvalue weighted by Gasteiger charge is -2.56. The Balaban J connectivity index is 1.25. The molecule has 1 aromatic heterocycles. The molecule has 2 N–H and O–H groups in total. The number of hydrogen-bond acceptors (Lipinski definition) is 4. The Morgan fingerprint density at radius 3 is 2.45 bits per heavy atom. The van der Waals surface area contributed by atoms with Crippen LogP contribution in [0.4, 0.5) is 4.79 Å². The molecule has 0 spiro atoms. The molecule has 0 unspecified atom stereocenters. The fourth-order valence-corrected chi connectivity index (χ4v) is 6.27. The number of urea groups is 1. The zero-order valence-corrected chi connectivity index (χ0v) is 16.7. The zero-order chi connectivity index (χ0) is 20.2. The number of imide groups is 1. The van der Waals surface area contributed by atoms with Crippen LogP contribution in [0.3, 0.4) is 0 Å². The lowest BCUT2D eigenvalue weighted by atomic mass is 9.53. The highest BCUT2D eigenvalue weighted by atomic mass is 35.5. The van der Waals surface area contributed by atoms with Crippen LogP contribution in [0.25, 0.3) is 10.9 Å². The second-order valence-corrected chi connectivity index (χ2v) is 9.48. The summed E-state index contributed by atoms with van der Waals surface area (Å²) in [7, 11) is 0. The number of nitrogens with one attached hydrogen (secondary N) is 2. The highest BCUT2D eigenvalue weighted by Gasteiger charge is 2.51. The van der Waals surface area contributed by atoms with Crippen molar-refractivity contribution in [2.75, 3.05) is 0 Å². The number of hydrogen-bond donors (Lipinski definition) is 2. The van der Waals surface area contributed by atoms with E-state index in [0.717, 1.165) is 19.3 Å². The molecular formula is C21H23ClN4O3. The molecule has 3 amide bonds. The number of amides is 3. The van der Waals surface area contributed by atoms with Gasteiger partial charge in [0.05, 0.1) is 17.2 Å². The molecular weight excluding hydrogens is 392 g/mol. The van der Waals surface area contributed by atoms with Gasteiger partial charge < -0.3 is 5.32 Å². The molecule has 152 valence electrons. The molecule has 0 radical (unpaired) electrons. The van der Waals surface area contributed by atoms with Crippen molar-refractivity contribution in [3.05, 3.63) is 39.9 Å². The van der Waals surface area contributed by atoms with Gasteiger partial charge in [0, 0.05) is 10.6 Å². The summed E-state index contributed by atoms with van der Waals surface area (Å²) >= 11 is 5.96. The van der Waals surface area contributed by atoms with E-state index in [-0.39, 0.29) is 17.6 Å². The van der Waals surface area contributed by atoms with Gasteiger partial charge in [0.25, 0.3) is 5.56 Å². The number of rotatable bonds is 3. The van der Waals surface area contributed by atoms with Crippen LogP contribution in [0.15, 0.2) is 29.3 Å². The lowest BCUT2D eigenvalue weighted by molar-refractivity contribution is -0.120. The Morgan fingerprint density at radius 1 is 1.14 bits per heavy atom. The minimum atomic E-state index is -0.544. The van der Waals surface area contributed by atoms with Gasteiger partial charge in [-0.25, -0.2) is 9.78 Å². The Bertz CT molecular complexity index is 1030. The van der Waals surface area contributed by atoms with Gasteiger partial charge in [-0.05, 0) is 74.5 Å². The molecule has 6 rings (SSSR count). The molecule has 1 heterocycles. The van der Waals surface area contributed by atoms with Crippen LogP contribution >= 0.6 is 11.6 Å². The van der Waals surface area contributed by atoms with E-state index in [0.29, 0.717) is 33.7 Å². The van der Waals surface area contributed by atoms with E-state index in [9.17, 15) is 14.4 Å². The molecule has 1 aromatic carbocycles. The Hall–Kier alpha value is -2.41. The summed E-state index contributed by atoms with van der Waals surface area (Å²) < 4.78 is 1.19. The number of aromatic nitrogens is 2. The summed E-state index contributed by atoms with van der Waals surface area (Å²) in [5.74, 6) is 1.56. The SMILES string of the molecule is O=C(Cn1cnc2ccc(Cl)cc2c1=O)NC(=O)NC12CC3CC(CC(C3)C1)C2. The van der Waals surface area contributed by atoms with Crippen molar-refractivity contribution in [1.82, 2.24) is 20.2 Å². The fraction of sp³-hybridized carbons (Fsp3) is 0.524. The van der Waals surface area contributed by atoms with Crippen molar-refractivity contribution in [3.8, 4) is 0 Å². The molecule has 4 fully saturated rings. The maximum atomic E-state index is 12.6. The predicted octanol–water partition coefficient (Wildman–Crippen LogP) is 2.84. The minimum Gasteiger partial charge on any atom is -0.332 e. The first-order valence-electron chi connectivity index (χ1n) is 10.2. The smallest absolute Gasteiger partial charge is 0.321 e. The van der Waals surface area contributed by atoms with E-state index >= 15 is 0 Å². The molecule has 4 aliphatic rings. The van der Waals surface area contributed by atoms with Crippen molar-refractivity contribution >= 4 is 34.4 Å². The van der Waals surface area contributed by atoms with Crippen molar-refractivity contribution < 1.29 is 9.59 Å². The molecule has 4 saturated carbocycles. The highest BCUT2D eigenvalue weighted by molar-refractivity contribution is 6.31. The molecule has 0 saturated heterocycles. The molecule has 4 bridgehead atoms. The molecule has 7 nitrogen and oxygen atoms in total. The summed E-state index contributed by atoms with van der Waals surface area (Å²) in [5.41, 5.74) is -0.0261. The van der Waals surface area contributed by atoms with Crippen LogP contribution in [-0.2, 0) is 11.3 Å². The molecule has 2 aromatic rings. The summed E-state index contributed by atoms with van der Waals surface area (Å²) in [6.45, 7) is -0.275. The maximum absolute atomic E-state index is 12.6. The quantitative estimate of drug-likeness (QED) is 0.807.